The summed E-state index contributed by atoms with van der Waals surface area (Å²) in [5, 5.41) is 4.26. The van der Waals surface area contributed by atoms with Crippen LogP contribution in [0.15, 0.2) is 91.1 Å². The number of anilines is 1. The van der Waals surface area contributed by atoms with E-state index < -0.39 is 0 Å². The first-order valence-corrected chi connectivity index (χ1v) is 14.9. The van der Waals surface area contributed by atoms with E-state index in [2.05, 4.69) is 85.8 Å². The number of pyridine rings is 1. The third-order valence-corrected chi connectivity index (χ3v) is 8.47. The molecule has 0 bridgehead atoms. The molecule has 7 heteroatoms. The molecule has 0 radical (unpaired) electrons. The molecule has 0 unspecified atom stereocenters. The van der Waals surface area contributed by atoms with E-state index in [1.807, 2.05) is 54.7 Å². The molecule has 6 nitrogen and oxygen atoms in total. The average Bonchev–Trinajstić information content (AvgIpc) is 3.49. The highest BCUT2D eigenvalue weighted by Crippen LogP contribution is 2.44. The lowest BCUT2D eigenvalue weighted by Gasteiger charge is -2.28. The molecule has 1 saturated heterocycles. The van der Waals surface area contributed by atoms with E-state index >= 15 is 0 Å². The van der Waals surface area contributed by atoms with Gasteiger partial charge in [0.2, 0.25) is 0 Å². The number of aryl methyl sites for hydroxylation is 4. The summed E-state index contributed by atoms with van der Waals surface area (Å²) in [5.41, 5.74) is 10.5. The standard InChI is InChI=1S/C36H36N4O2S/c1-22-19-23(2)34(24(3)20-22)39-25(4)21-31(26(39)5)35-33(32-9-7-8-18-37-32)38-36(43)40(35)27-10-12-29(13-11-27)42-30-16-14-28(41-6)15-17-30/h7-21,33,35H,1-6H3,(H,38,43)/t33-,35+/m1/s1. The topological polar surface area (TPSA) is 51.6 Å². The van der Waals surface area contributed by atoms with Gasteiger partial charge in [-0.1, -0.05) is 23.8 Å². The fraction of sp³-hybridized carbons (Fsp3) is 0.222. The zero-order valence-electron chi connectivity index (χ0n) is 25.4. The Morgan fingerprint density at radius 1 is 0.791 bits per heavy atom. The van der Waals surface area contributed by atoms with Crippen LogP contribution in [0.25, 0.3) is 5.69 Å². The Morgan fingerprint density at radius 3 is 2.02 bits per heavy atom. The van der Waals surface area contributed by atoms with Crippen LogP contribution < -0.4 is 19.7 Å². The number of nitrogens with one attached hydrogen (secondary N) is 1. The number of thiocarbonyl (C=S) groups is 1. The van der Waals surface area contributed by atoms with Gasteiger partial charge in [-0.3, -0.25) is 4.98 Å². The minimum absolute atomic E-state index is 0.109. The summed E-state index contributed by atoms with van der Waals surface area (Å²) in [6, 6.07) is 28.3. The highest BCUT2D eigenvalue weighted by Gasteiger charge is 2.42. The summed E-state index contributed by atoms with van der Waals surface area (Å²) < 4.78 is 13.8. The van der Waals surface area contributed by atoms with Crippen LogP contribution in [0.1, 0.15) is 51.4 Å². The number of ether oxygens (including phenoxy) is 2. The molecule has 218 valence electrons. The molecule has 3 heterocycles. The number of hydrogen-bond donors (Lipinski definition) is 1. The van der Waals surface area contributed by atoms with Gasteiger partial charge in [0.15, 0.2) is 5.11 Å². The van der Waals surface area contributed by atoms with Crippen molar-refractivity contribution in [2.24, 2.45) is 0 Å². The SMILES string of the molecule is COc1ccc(Oc2ccc(N3C(=S)N[C@H](c4ccccn4)[C@@H]3c3cc(C)n(-c4c(C)cc(C)cc4C)c3C)cc2)cc1. The van der Waals surface area contributed by atoms with Crippen LogP contribution in [0, 0.1) is 34.6 Å². The minimum atomic E-state index is -0.127. The molecule has 1 aliphatic heterocycles. The molecule has 0 amide bonds. The van der Waals surface area contributed by atoms with E-state index in [4.69, 9.17) is 26.7 Å². The van der Waals surface area contributed by atoms with Gasteiger partial charge in [-0.25, -0.2) is 0 Å². The van der Waals surface area contributed by atoms with Crippen LogP contribution in [0.4, 0.5) is 5.69 Å². The van der Waals surface area contributed by atoms with E-state index in [1.54, 1.807) is 7.11 Å². The fourth-order valence-electron chi connectivity index (χ4n) is 6.36. The van der Waals surface area contributed by atoms with Crippen molar-refractivity contribution in [2.75, 3.05) is 12.0 Å². The Bertz CT molecular complexity index is 1760. The zero-order valence-corrected chi connectivity index (χ0v) is 26.2. The maximum atomic E-state index is 6.11. The van der Waals surface area contributed by atoms with Crippen LogP contribution in [-0.2, 0) is 0 Å². The lowest BCUT2D eigenvalue weighted by Crippen LogP contribution is -2.29. The Labute approximate surface area is 258 Å². The minimum Gasteiger partial charge on any atom is -0.497 e. The van der Waals surface area contributed by atoms with Crippen molar-refractivity contribution in [1.29, 1.82) is 0 Å². The maximum absolute atomic E-state index is 6.11. The van der Waals surface area contributed by atoms with Gasteiger partial charge < -0.3 is 24.3 Å². The second-order valence-electron chi connectivity index (χ2n) is 11.2. The van der Waals surface area contributed by atoms with E-state index in [-0.39, 0.29) is 12.1 Å². The third kappa shape index (κ3) is 5.37. The molecule has 43 heavy (non-hydrogen) atoms. The van der Waals surface area contributed by atoms with Crippen molar-refractivity contribution >= 4 is 23.0 Å². The Kier molecular flexibility index (Phi) is 7.67. The summed E-state index contributed by atoms with van der Waals surface area (Å²) in [6.07, 6.45) is 1.84. The van der Waals surface area contributed by atoms with Crippen LogP contribution in [0.3, 0.4) is 0 Å². The number of benzene rings is 3. The van der Waals surface area contributed by atoms with Crippen molar-refractivity contribution in [1.82, 2.24) is 14.9 Å². The third-order valence-electron chi connectivity index (χ3n) is 8.16. The molecular weight excluding hydrogens is 552 g/mol. The van der Waals surface area contributed by atoms with Crippen LogP contribution in [0.2, 0.25) is 0 Å². The van der Waals surface area contributed by atoms with Crippen molar-refractivity contribution in [2.45, 2.75) is 46.7 Å². The van der Waals surface area contributed by atoms with Crippen molar-refractivity contribution in [3.63, 3.8) is 0 Å². The first kappa shape index (κ1) is 28.5. The molecule has 5 aromatic rings. The summed E-state index contributed by atoms with van der Waals surface area (Å²) in [7, 11) is 1.65. The summed E-state index contributed by atoms with van der Waals surface area (Å²) in [5.74, 6) is 2.28. The van der Waals surface area contributed by atoms with Gasteiger partial charge in [-0.15, -0.1) is 0 Å². The van der Waals surface area contributed by atoms with Gasteiger partial charge in [0, 0.05) is 23.3 Å². The Hall–Kier alpha value is -4.62. The predicted molar refractivity (Wildman–Crippen MR) is 177 cm³/mol. The highest BCUT2D eigenvalue weighted by molar-refractivity contribution is 7.80. The molecular formula is C36H36N4O2S. The Morgan fingerprint density at radius 2 is 1.42 bits per heavy atom. The molecule has 2 atom stereocenters. The van der Waals surface area contributed by atoms with Crippen LogP contribution in [-0.4, -0.2) is 21.8 Å². The molecule has 3 aromatic carbocycles. The van der Waals surface area contributed by atoms with Crippen LogP contribution in [0.5, 0.6) is 17.2 Å². The molecule has 0 spiro atoms. The second kappa shape index (κ2) is 11.6. The predicted octanol–water partition coefficient (Wildman–Crippen LogP) is 8.39. The largest absolute Gasteiger partial charge is 0.497 e. The number of aromatic nitrogens is 2. The van der Waals surface area contributed by atoms with Gasteiger partial charge >= 0.3 is 0 Å². The zero-order chi connectivity index (χ0) is 30.2. The van der Waals surface area contributed by atoms with Gasteiger partial charge in [0.1, 0.15) is 17.2 Å². The first-order chi connectivity index (χ1) is 20.7. The number of nitrogens with zero attached hydrogens (tertiary/aromatic N) is 3. The maximum Gasteiger partial charge on any atom is 0.174 e. The second-order valence-corrected chi connectivity index (χ2v) is 11.6. The quantitative estimate of drug-likeness (QED) is 0.193. The smallest absolute Gasteiger partial charge is 0.174 e. The normalized spacial score (nSPS) is 16.3. The average molecular weight is 589 g/mol. The molecule has 1 aliphatic rings. The number of hydrogen-bond acceptors (Lipinski definition) is 4. The summed E-state index contributed by atoms with van der Waals surface area (Å²) in [4.78, 5) is 6.96. The molecule has 0 aliphatic carbocycles. The van der Waals surface area contributed by atoms with Gasteiger partial charge in [0.25, 0.3) is 0 Å². The number of methoxy groups -OCH3 is 1. The summed E-state index contributed by atoms with van der Waals surface area (Å²) >= 11 is 6.01. The highest BCUT2D eigenvalue weighted by atomic mass is 32.1. The molecule has 6 rings (SSSR count). The summed E-state index contributed by atoms with van der Waals surface area (Å²) in [6.45, 7) is 10.9. The molecule has 1 N–H and O–H groups in total. The molecule has 1 fully saturated rings. The fourth-order valence-corrected chi connectivity index (χ4v) is 6.71. The van der Waals surface area contributed by atoms with E-state index in [9.17, 15) is 0 Å². The molecule has 2 aromatic heterocycles. The monoisotopic (exact) mass is 588 g/mol. The lowest BCUT2D eigenvalue weighted by atomic mass is 9.96. The van der Waals surface area contributed by atoms with Crippen molar-refractivity contribution in [3.8, 4) is 22.9 Å². The first-order valence-electron chi connectivity index (χ1n) is 14.4. The van der Waals surface area contributed by atoms with Crippen molar-refractivity contribution < 1.29 is 9.47 Å². The van der Waals surface area contributed by atoms with E-state index in [1.165, 1.54) is 39.3 Å². The van der Waals surface area contributed by atoms with Crippen LogP contribution >= 0.6 is 12.2 Å². The van der Waals surface area contributed by atoms with Gasteiger partial charge in [-0.05, 0) is 130 Å². The molecule has 0 saturated carbocycles. The Balaban J connectivity index is 1.41. The van der Waals surface area contributed by atoms with E-state index in [0.29, 0.717) is 5.11 Å². The lowest BCUT2D eigenvalue weighted by molar-refractivity contribution is 0.413. The van der Waals surface area contributed by atoms with Gasteiger partial charge in [-0.2, -0.15) is 0 Å². The van der Waals surface area contributed by atoms with Crippen molar-refractivity contribution in [3.05, 3.63) is 130 Å². The van der Waals surface area contributed by atoms with Gasteiger partial charge in [0.05, 0.1) is 30.6 Å². The van der Waals surface area contributed by atoms with E-state index in [0.717, 1.165) is 28.6 Å². The number of rotatable bonds is 7.